The van der Waals surface area contributed by atoms with Crippen LogP contribution in [-0.2, 0) is 27.7 Å². The van der Waals surface area contributed by atoms with Gasteiger partial charge in [-0.2, -0.15) is 0 Å². The second-order valence-corrected chi connectivity index (χ2v) is 7.93. The number of aliphatic imine (C=N–C) groups is 1. The number of nitrogens with zero attached hydrogens (tertiary/aromatic N) is 1. The van der Waals surface area contributed by atoms with Crippen LogP contribution in [-0.4, -0.2) is 36.7 Å². The van der Waals surface area contributed by atoms with Crippen LogP contribution in [0.15, 0.2) is 10.8 Å². The summed E-state index contributed by atoms with van der Waals surface area (Å²) in [7, 11) is -4.00. The largest absolute Gasteiger partial charge is 0.531 e. The zero-order chi connectivity index (χ0) is 18.9. The van der Waals surface area contributed by atoms with E-state index in [1.165, 1.54) is 6.42 Å². The number of carbonyl (C=O) groups is 1. The Morgan fingerprint density at radius 3 is 2.16 bits per heavy atom. The van der Waals surface area contributed by atoms with Gasteiger partial charge in [-0.25, -0.2) is 14.4 Å². The maximum Gasteiger partial charge on any atom is 0.531 e. The third kappa shape index (κ3) is 8.68. The highest BCUT2D eigenvalue weighted by Crippen LogP contribution is 2.53. The van der Waals surface area contributed by atoms with Gasteiger partial charge in [0, 0.05) is 5.87 Å². The van der Waals surface area contributed by atoms with Crippen LogP contribution in [0.2, 0.25) is 0 Å². The predicted molar refractivity (Wildman–Crippen MR) is 95.6 cm³/mol. The maximum atomic E-state index is 12.8. The number of phosphoric ester groups is 1. The molecule has 25 heavy (non-hydrogen) atoms. The number of hydrogen-bond donors (Lipinski definition) is 0. The summed E-state index contributed by atoms with van der Waals surface area (Å²) >= 11 is 0. The lowest BCUT2D eigenvalue weighted by Crippen LogP contribution is -2.16. The molecule has 0 radical (unpaired) electrons. The predicted octanol–water partition coefficient (Wildman–Crippen LogP) is 4.41. The molecular weight excluding hydrogens is 345 g/mol. The van der Waals surface area contributed by atoms with Crippen molar-refractivity contribution in [2.45, 2.75) is 85.0 Å². The van der Waals surface area contributed by atoms with Crippen molar-refractivity contribution in [3.05, 3.63) is 5.76 Å². The van der Waals surface area contributed by atoms with Gasteiger partial charge in [0.25, 0.3) is 5.76 Å². The topological polar surface area (TPSA) is 83.4 Å². The van der Waals surface area contributed by atoms with Gasteiger partial charge in [-0.3, -0.25) is 9.05 Å². The quantitative estimate of drug-likeness (QED) is 0.195. The molecule has 0 saturated heterocycles. The molecule has 0 aromatic heterocycles. The highest BCUT2D eigenvalue weighted by molar-refractivity contribution is 7.48. The van der Waals surface area contributed by atoms with E-state index in [0.29, 0.717) is 0 Å². The molecule has 7 nitrogen and oxygen atoms in total. The Kier molecular flexibility index (Phi) is 9.44. The van der Waals surface area contributed by atoms with Crippen LogP contribution in [0, 0.1) is 0 Å². The van der Waals surface area contributed by atoms with Crippen LogP contribution >= 0.6 is 7.82 Å². The standard InChI is InChI=1S/C17H30NO6P/c1-6-21-17(19)16(12-18-15-10-8-7-9-11-15)24-25(20,22-13(2)3)23-14(4)5/h13-15H,6-11H2,1-5H3. The molecule has 1 fully saturated rings. The van der Waals surface area contributed by atoms with Gasteiger partial charge in [0.1, 0.15) is 0 Å². The molecule has 1 aliphatic rings. The molecule has 1 rings (SSSR count). The molecule has 0 N–H and O–H groups in total. The van der Waals surface area contributed by atoms with Gasteiger partial charge >= 0.3 is 13.8 Å². The number of esters is 1. The number of hydrogen-bond acceptors (Lipinski definition) is 7. The van der Waals surface area contributed by atoms with E-state index in [1.54, 1.807) is 34.6 Å². The second kappa shape index (κ2) is 10.8. The fourth-order valence-electron chi connectivity index (χ4n) is 2.36. The first kappa shape index (κ1) is 21.9. The molecule has 1 aliphatic carbocycles. The van der Waals surface area contributed by atoms with E-state index in [1.807, 2.05) is 0 Å². The van der Waals surface area contributed by atoms with E-state index < -0.39 is 26.0 Å². The van der Waals surface area contributed by atoms with Crippen molar-refractivity contribution >= 4 is 19.7 Å². The number of ether oxygens (including phenoxy) is 1. The van der Waals surface area contributed by atoms with Crippen LogP contribution in [0.5, 0.6) is 0 Å². The van der Waals surface area contributed by atoms with Crippen molar-refractivity contribution in [3.63, 3.8) is 0 Å². The Hall–Kier alpha value is -1.13. The Morgan fingerprint density at radius 2 is 1.68 bits per heavy atom. The average Bonchev–Trinajstić information content (AvgIpc) is 2.51. The normalized spacial score (nSPS) is 15.8. The van der Waals surface area contributed by atoms with Gasteiger partial charge in [0.15, 0.2) is 0 Å². The van der Waals surface area contributed by atoms with Gasteiger partial charge in [0.2, 0.25) is 0 Å². The summed E-state index contributed by atoms with van der Waals surface area (Å²) in [5, 5.41) is 0. The van der Waals surface area contributed by atoms with E-state index in [0.717, 1.165) is 25.7 Å². The maximum absolute atomic E-state index is 12.8. The zero-order valence-electron chi connectivity index (χ0n) is 15.8. The summed E-state index contributed by atoms with van der Waals surface area (Å²) in [6.45, 7) is 8.61. The number of rotatable bonds is 9. The van der Waals surface area contributed by atoms with Gasteiger partial charge in [-0.05, 0) is 47.5 Å². The van der Waals surface area contributed by atoms with Gasteiger partial charge in [-0.15, -0.1) is 0 Å². The smallest absolute Gasteiger partial charge is 0.460 e. The van der Waals surface area contributed by atoms with E-state index in [9.17, 15) is 9.36 Å². The van der Waals surface area contributed by atoms with Crippen LogP contribution in [0.3, 0.4) is 0 Å². The van der Waals surface area contributed by atoms with Crippen molar-refractivity contribution in [1.82, 2.24) is 0 Å². The van der Waals surface area contributed by atoms with E-state index in [2.05, 4.69) is 10.9 Å². The summed E-state index contributed by atoms with van der Waals surface area (Å²) in [6, 6.07) is 0.0817. The molecule has 0 bridgehead atoms. The molecular formula is C17H30NO6P. The van der Waals surface area contributed by atoms with E-state index >= 15 is 0 Å². The molecule has 0 aliphatic heterocycles. The van der Waals surface area contributed by atoms with E-state index in [-0.39, 0.29) is 18.4 Å². The molecule has 0 atom stereocenters. The fraction of sp³-hybridized carbons (Fsp3) is 0.824. The first-order valence-corrected chi connectivity index (χ1v) is 10.4. The van der Waals surface area contributed by atoms with E-state index in [4.69, 9.17) is 18.3 Å². The number of phosphoric acid groups is 1. The minimum absolute atomic E-state index is 0.0817. The molecule has 144 valence electrons. The van der Waals surface area contributed by atoms with Gasteiger partial charge in [-0.1, -0.05) is 19.3 Å². The first-order chi connectivity index (χ1) is 11.8. The van der Waals surface area contributed by atoms with Crippen molar-refractivity contribution in [2.24, 2.45) is 4.99 Å². The van der Waals surface area contributed by atoms with Crippen molar-refractivity contribution < 1.29 is 27.7 Å². The fourth-order valence-corrected chi connectivity index (χ4v) is 3.86. The van der Waals surface area contributed by atoms with Crippen LogP contribution in [0.1, 0.15) is 66.7 Å². The van der Waals surface area contributed by atoms with Gasteiger partial charge in [0.05, 0.1) is 24.9 Å². The Labute approximate surface area is 150 Å². The summed E-state index contributed by atoms with van der Waals surface area (Å²) in [4.78, 5) is 16.4. The summed E-state index contributed by atoms with van der Waals surface area (Å²) in [5.41, 5.74) is 0. The van der Waals surface area contributed by atoms with Crippen molar-refractivity contribution in [2.75, 3.05) is 6.61 Å². The summed E-state index contributed by atoms with van der Waals surface area (Å²) in [6.07, 6.45) is 4.42. The first-order valence-electron chi connectivity index (χ1n) is 8.92. The van der Waals surface area contributed by atoms with Crippen molar-refractivity contribution in [1.29, 1.82) is 0 Å². The summed E-state index contributed by atoms with van der Waals surface area (Å²) < 4.78 is 33.7. The minimum atomic E-state index is -4.00. The van der Waals surface area contributed by atoms with Gasteiger partial charge < -0.3 is 9.26 Å². The molecule has 0 heterocycles. The highest BCUT2D eigenvalue weighted by atomic mass is 31.2. The highest BCUT2D eigenvalue weighted by Gasteiger charge is 2.35. The zero-order valence-corrected chi connectivity index (χ0v) is 16.7. The lowest BCUT2D eigenvalue weighted by atomic mass is 9.96. The molecule has 0 aromatic carbocycles. The minimum Gasteiger partial charge on any atom is -0.460 e. The SMILES string of the molecule is CCOC(=O)C(=C=NC1CCCCC1)OP(=O)(OC(C)C)OC(C)C. The van der Waals surface area contributed by atoms with Crippen LogP contribution in [0.25, 0.3) is 0 Å². The Morgan fingerprint density at radius 1 is 1.12 bits per heavy atom. The molecule has 0 spiro atoms. The summed E-state index contributed by atoms with van der Waals surface area (Å²) in [5.74, 6) is 1.42. The Balaban J connectivity index is 3.05. The third-order valence-electron chi connectivity index (χ3n) is 3.27. The lowest BCUT2D eigenvalue weighted by molar-refractivity contribution is -0.141. The second-order valence-electron chi connectivity index (χ2n) is 6.43. The lowest BCUT2D eigenvalue weighted by Gasteiger charge is -2.22. The molecule has 8 heteroatoms. The van der Waals surface area contributed by atoms with Crippen molar-refractivity contribution in [3.8, 4) is 0 Å². The molecule has 0 aromatic rings. The molecule has 1 saturated carbocycles. The molecule has 0 unspecified atom stereocenters. The molecule has 0 amide bonds. The monoisotopic (exact) mass is 375 g/mol. The average molecular weight is 375 g/mol. The Bertz CT molecular complexity index is 519. The van der Waals surface area contributed by atoms with Crippen LogP contribution in [0.4, 0.5) is 0 Å². The third-order valence-corrected chi connectivity index (χ3v) is 5.03. The number of carbonyl (C=O) groups excluding carboxylic acids is 1. The van der Waals surface area contributed by atoms with Crippen LogP contribution < -0.4 is 0 Å².